The zero-order valence-electron chi connectivity index (χ0n) is 12.6. The molecule has 0 amide bonds. The van der Waals surface area contributed by atoms with Gasteiger partial charge in [-0.05, 0) is 48.5 Å². The monoisotopic (exact) mass is 378 g/mol. The first-order valence-corrected chi connectivity index (χ1v) is 8.91. The fraction of sp³-hybridized carbons (Fsp3) is 0. The number of hydrogen-bond acceptors (Lipinski definition) is 4. The van der Waals surface area contributed by atoms with Crippen LogP contribution in [0.3, 0.4) is 0 Å². The highest BCUT2D eigenvalue weighted by Gasteiger charge is 2.12. The Hall–Kier alpha value is -2.71. The summed E-state index contributed by atoms with van der Waals surface area (Å²) in [5.41, 5.74) is 1.83. The maximum Gasteiger partial charge on any atom is 0.276 e. The highest BCUT2D eigenvalue weighted by Crippen LogP contribution is 2.20. The van der Waals surface area contributed by atoms with Gasteiger partial charge in [-0.3, -0.25) is 5.10 Å². The quantitative estimate of drug-likeness (QED) is 0.528. The summed E-state index contributed by atoms with van der Waals surface area (Å²) in [6, 6.07) is 11.5. The van der Waals surface area contributed by atoms with Crippen molar-refractivity contribution in [3.8, 4) is 11.3 Å². The summed E-state index contributed by atoms with van der Waals surface area (Å²) in [6.07, 6.45) is 2.80. The lowest BCUT2D eigenvalue weighted by atomic mass is 10.1. The van der Waals surface area contributed by atoms with E-state index in [2.05, 4.69) is 20.1 Å². The van der Waals surface area contributed by atoms with E-state index in [0.717, 1.165) is 0 Å². The summed E-state index contributed by atoms with van der Waals surface area (Å²) in [6.45, 7) is 0. The van der Waals surface area contributed by atoms with Gasteiger partial charge in [0.05, 0.1) is 23.0 Å². The second-order valence-electron chi connectivity index (χ2n) is 5.01. The van der Waals surface area contributed by atoms with Gasteiger partial charge in [-0.15, -0.1) is 0 Å². The first-order chi connectivity index (χ1) is 12.0. The maximum atomic E-state index is 13.0. The van der Waals surface area contributed by atoms with Crippen LogP contribution in [0, 0.1) is 5.82 Å². The SMILES string of the molecule is O=S(=O)(N/N=C\c1cn[nH]c1-c1ccc(F)cc1)c1ccc(Cl)cc1. The molecule has 0 saturated heterocycles. The van der Waals surface area contributed by atoms with Crippen LogP contribution in [0.4, 0.5) is 4.39 Å². The summed E-state index contributed by atoms with van der Waals surface area (Å²) in [7, 11) is -3.80. The summed E-state index contributed by atoms with van der Waals surface area (Å²) in [5.74, 6) is -0.353. The van der Waals surface area contributed by atoms with Crippen molar-refractivity contribution >= 4 is 27.8 Å². The number of halogens is 2. The van der Waals surface area contributed by atoms with E-state index in [1.165, 1.54) is 48.8 Å². The van der Waals surface area contributed by atoms with Gasteiger partial charge >= 0.3 is 0 Å². The topological polar surface area (TPSA) is 87.2 Å². The minimum Gasteiger partial charge on any atom is -0.277 e. The Morgan fingerprint density at radius 3 is 2.48 bits per heavy atom. The van der Waals surface area contributed by atoms with Gasteiger partial charge in [0.15, 0.2) is 0 Å². The van der Waals surface area contributed by atoms with E-state index in [1.54, 1.807) is 12.1 Å². The molecule has 2 aromatic carbocycles. The average molecular weight is 379 g/mol. The number of sulfonamides is 1. The number of aromatic amines is 1. The van der Waals surface area contributed by atoms with E-state index in [4.69, 9.17) is 11.6 Å². The van der Waals surface area contributed by atoms with Crippen molar-refractivity contribution in [2.45, 2.75) is 4.90 Å². The molecular weight excluding hydrogens is 367 g/mol. The molecule has 0 fully saturated rings. The van der Waals surface area contributed by atoms with E-state index in [-0.39, 0.29) is 10.7 Å². The Morgan fingerprint density at radius 2 is 1.80 bits per heavy atom. The number of benzene rings is 2. The van der Waals surface area contributed by atoms with Crippen molar-refractivity contribution in [1.82, 2.24) is 15.0 Å². The van der Waals surface area contributed by atoms with Gasteiger partial charge in [0, 0.05) is 16.1 Å². The maximum absolute atomic E-state index is 13.0. The van der Waals surface area contributed by atoms with Crippen molar-refractivity contribution in [3.05, 3.63) is 71.1 Å². The Kier molecular flexibility index (Phi) is 4.82. The molecule has 0 unspecified atom stereocenters. The molecule has 0 saturated carbocycles. The number of hydrazone groups is 1. The number of hydrogen-bond donors (Lipinski definition) is 2. The van der Waals surface area contributed by atoms with Crippen LogP contribution in [0.15, 0.2) is 64.7 Å². The minimum absolute atomic E-state index is 0.0417. The van der Waals surface area contributed by atoms with Gasteiger partial charge in [-0.1, -0.05) is 11.6 Å². The molecule has 3 aromatic rings. The van der Waals surface area contributed by atoms with Gasteiger partial charge in [-0.25, -0.2) is 9.22 Å². The largest absolute Gasteiger partial charge is 0.277 e. The molecule has 1 aromatic heterocycles. The van der Waals surface area contributed by atoms with E-state index < -0.39 is 10.0 Å². The lowest BCUT2D eigenvalue weighted by Crippen LogP contribution is -2.18. The van der Waals surface area contributed by atoms with Crippen LogP contribution < -0.4 is 4.83 Å². The van der Waals surface area contributed by atoms with E-state index in [0.29, 0.717) is 21.8 Å². The van der Waals surface area contributed by atoms with Gasteiger partial charge in [0.2, 0.25) is 0 Å². The first-order valence-electron chi connectivity index (χ1n) is 7.05. The molecule has 25 heavy (non-hydrogen) atoms. The van der Waals surface area contributed by atoms with E-state index in [1.807, 2.05) is 0 Å². The van der Waals surface area contributed by atoms with Crippen molar-refractivity contribution in [1.29, 1.82) is 0 Å². The van der Waals surface area contributed by atoms with Crippen LogP contribution in [-0.2, 0) is 10.0 Å². The third kappa shape index (κ3) is 4.04. The van der Waals surface area contributed by atoms with E-state index >= 15 is 0 Å². The molecule has 0 aliphatic carbocycles. The summed E-state index contributed by atoms with van der Waals surface area (Å²) in [5, 5.41) is 10.9. The van der Waals surface area contributed by atoms with Gasteiger partial charge in [0.25, 0.3) is 10.0 Å². The highest BCUT2D eigenvalue weighted by molar-refractivity contribution is 7.89. The number of nitrogens with one attached hydrogen (secondary N) is 2. The molecular formula is C16H12ClFN4O2S. The predicted molar refractivity (Wildman–Crippen MR) is 93.3 cm³/mol. The van der Waals surface area contributed by atoms with Crippen LogP contribution in [0.5, 0.6) is 0 Å². The lowest BCUT2D eigenvalue weighted by Gasteiger charge is -2.03. The number of nitrogens with zero attached hydrogens (tertiary/aromatic N) is 2. The normalized spacial score (nSPS) is 11.8. The Morgan fingerprint density at radius 1 is 1.12 bits per heavy atom. The molecule has 2 N–H and O–H groups in total. The fourth-order valence-corrected chi connectivity index (χ4v) is 2.99. The summed E-state index contributed by atoms with van der Waals surface area (Å²) in [4.78, 5) is 2.16. The predicted octanol–water partition coefficient (Wildman–Crippen LogP) is 3.18. The molecule has 128 valence electrons. The molecule has 0 aliphatic heterocycles. The molecule has 0 spiro atoms. The lowest BCUT2D eigenvalue weighted by molar-refractivity contribution is 0.584. The standard InChI is InChI=1S/C16H12ClFN4O2S/c17-13-3-7-15(8-4-13)25(23,24)22-20-10-12-9-19-21-16(12)11-1-5-14(18)6-2-11/h1-10,22H,(H,19,21)/b20-10-. The Bertz CT molecular complexity index is 999. The minimum atomic E-state index is -3.80. The molecule has 9 heteroatoms. The number of rotatable bonds is 5. The van der Waals surface area contributed by atoms with Gasteiger partial charge in [-0.2, -0.15) is 18.6 Å². The molecule has 0 aliphatic rings. The zero-order valence-corrected chi connectivity index (χ0v) is 14.2. The third-order valence-corrected chi connectivity index (χ3v) is 4.79. The van der Waals surface area contributed by atoms with Crippen LogP contribution in [-0.4, -0.2) is 24.8 Å². The zero-order chi connectivity index (χ0) is 17.9. The second kappa shape index (κ2) is 7.04. The van der Waals surface area contributed by atoms with Gasteiger partial charge < -0.3 is 0 Å². The number of aromatic nitrogens is 2. The summed E-state index contributed by atoms with van der Waals surface area (Å²) >= 11 is 5.74. The Labute approximate surface area is 148 Å². The smallest absolute Gasteiger partial charge is 0.276 e. The molecule has 0 radical (unpaired) electrons. The van der Waals surface area contributed by atoms with Crippen molar-refractivity contribution < 1.29 is 12.8 Å². The van der Waals surface area contributed by atoms with Crippen LogP contribution in [0.2, 0.25) is 5.02 Å². The second-order valence-corrected chi connectivity index (χ2v) is 7.11. The summed E-state index contributed by atoms with van der Waals surface area (Å²) < 4.78 is 37.3. The van der Waals surface area contributed by atoms with Crippen molar-refractivity contribution in [2.75, 3.05) is 0 Å². The average Bonchev–Trinajstić information content (AvgIpc) is 3.04. The molecule has 0 atom stereocenters. The fourth-order valence-electron chi connectivity index (χ4n) is 2.07. The van der Waals surface area contributed by atoms with Crippen molar-refractivity contribution in [3.63, 3.8) is 0 Å². The molecule has 1 heterocycles. The third-order valence-electron chi connectivity index (χ3n) is 3.30. The highest BCUT2D eigenvalue weighted by atomic mass is 35.5. The van der Waals surface area contributed by atoms with E-state index in [9.17, 15) is 12.8 Å². The molecule has 6 nitrogen and oxygen atoms in total. The van der Waals surface area contributed by atoms with Crippen molar-refractivity contribution in [2.24, 2.45) is 5.10 Å². The van der Waals surface area contributed by atoms with Gasteiger partial charge in [0.1, 0.15) is 5.82 Å². The van der Waals surface area contributed by atoms with Crippen LogP contribution in [0.1, 0.15) is 5.56 Å². The van der Waals surface area contributed by atoms with Crippen LogP contribution in [0.25, 0.3) is 11.3 Å². The molecule has 3 rings (SSSR count). The first kappa shape index (κ1) is 17.1. The van der Waals surface area contributed by atoms with Crippen LogP contribution >= 0.6 is 11.6 Å². The molecule has 0 bridgehead atoms. The number of H-pyrrole nitrogens is 1. The Balaban J connectivity index is 1.78.